The second-order valence-electron chi connectivity index (χ2n) is 6.78. The number of carbonyl (C=O) groups excluding carboxylic acids is 3. The molecule has 2 aromatic rings. The van der Waals surface area contributed by atoms with E-state index in [0.29, 0.717) is 11.3 Å². The van der Waals surface area contributed by atoms with Crippen LogP contribution in [0.15, 0.2) is 36.4 Å². The number of nitro benzene ring substituents is 1. The van der Waals surface area contributed by atoms with Gasteiger partial charge in [-0.05, 0) is 38.0 Å². The van der Waals surface area contributed by atoms with E-state index in [0.717, 1.165) is 11.1 Å². The highest BCUT2D eigenvalue weighted by Gasteiger charge is 2.14. The van der Waals surface area contributed by atoms with E-state index in [1.54, 1.807) is 6.92 Å². The molecular formula is C21H23N3O6. The molecule has 2 N–H and O–H groups in total. The summed E-state index contributed by atoms with van der Waals surface area (Å²) in [7, 11) is 0. The van der Waals surface area contributed by atoms with E-state index in [1.165, 1.54) is 18.2 Å². The molecular weight excluding hydrogens is 390 g/mol. The molecule has 0 bridgehead atoms. The lowest BCUT2D eigenvalue weighted by molar-refractivity contribution is -0.385. The number of aryl methyl sites for hydroxylation is 3. The van der Waals surface area contributed by atoms with E-state index in [2.05, 4.69) is 10.6 Å². The van der Waals surface area contributed by atoms with Gasteiger partial charge in [-0.25, -0.2) is 0 Å². The van der Waals surface area contributed by atoms with Gasteiger partial charge in [-0.1, -0.05) is 24.3 Å². The molecule has 0 spiro atoms. The fraction of sp³-hybridized carbons (Fsp3) is 0.286. The van der Waals surface area contributed by atoms with Crippen molar-refractivity contribution in [2.24, 2.45) is 0 Å². The molecule has 0 aromatic heterocycles. The summed E-state index contributed by atoms with van der Waals surface area (Å²) in [5, 5.41) is 16.1. The van der Waals surface area contributed by atoms with Crippen LogP contribution in [0, 0.1) is 30.9 Å². The van der Waals surface area contributed by atoms with Crippen molar-refractivity contribution >= 4 is 34.8 Å². The second kappa shape index (κ2) is 10.1. The Morgan fingerprint density at radius 2 is 1.60 bits per heavy atom. The zero-order valence-electron chi connectivity index (χ0n) is 17.0. The Bertz CT molecular complexity index is 966. The molecule has 0 heterocycles. The van der Waals surface area contributed by atoms with E-state index in [4.69, 9.17) is 4.74 Å². The number of nitro groups is 1. The van der Waals surface area contributed by atoms with Gasteiger partial charge in [-0.2, -0.15) is 0 Å². The summed E-state index contributed by atoms with van der Waals surface area (Å²) in [4.78, 5) is 46.2. The molecule has 0 saturated carbocycles. The Kier molecular flexibility index (Phi) is 7.62. The lowest BCUT2D eigenvalue weighted by atomic mass is 10.1. The number of esters is 1. The quantitative estimate of drug-likeness (QED) is 0.388. The van der Waals surface area contributed by atoms with Gasteiger partial charge in [0.15, 0.2) is 6.61 Å². The average Bonchev–Trinajstić information content (AvgIpc) is 2.69. The van der Waals surface area contributed by atoms with Gasteiger partial charge in [0, 0.05) is 29.4 Å². The zero-order valence-corrected chi connectivity index (χ0v) is 17.0. The summed E-state index contributed by atoms with van der Waals surface area (Å²) in [6.07, 6.45) is -0.265. The van der Waals surface area contributed by atoms with Crippen LogP contribution in [-0.2, 0) is 19.1 Å². The van der Waals surface area contributed by atoms with Crippen LogP contribution in [0.2, 0.25) is 0 Å². The van der Waals surface area contributed by atoms with Crippen LogP contribution >= 0.6 is 0 Å². The van der Waals surface area contributed by atoms with Gasteiger partial charge in [0.2, 0.25) is 5.91 Å². The fourth-order valence-corrected chi connectivity index (χ4v) is 2.73. The molecule has 0 aliphatic rings. The molecule has 2 rings (SSSR count). The first kappa shape index (κ1) is 22.5. The van der Waals surface area contributed by atoms with Crippen LogP contribution < -0.4 is 10.6 Å². The molecule has 0 aliphatic carbocycles. The summed E-state index contributed by atoms with van der Waals surface area (Å²) < 4.78 is 4.86. The number of carbonyl (C=O) groups is 3. The van der Waals surface area contributed by atoms with Crippen LogP contribution in [0.25, 0.3) is 0 Å². The predicted octanol–water partition coefficient (Wildman–Crippen LogP) is 3.42. The SMILES string of the molecule is Cc1ccc(NC(=O)COC(=O)CCC(=O)Nc2c(C)cccc2C)cc1[N+](=O)[O-]. The molecule has 30 heavy (non-hydrogen) atoms. The number of amides is 2. The summed E-state index contributed by atoms with van der Waals surface area (Å²) in [5.41, 5.74) is 3.10. The molecule has 9 heteroatoms. The van der Waals surface area contributed by atoms with Crippen molar-refractivity contribution in [3.8, 4) is 0 Å². The van der Waals surface area contributed by atoms with Gasteiger partial charge >= 0.3 is 5.97 Å². The Morgan fingerprint density at radius 1 is 0.933 bits per heavy atom. The molecule has 2 aromatic carbocycles. The highest BCUT2D eigenvalue weighted by atomic mass is 16.6. The van der Waals surface area contributed by atoms with Crippen molar-refractivity contribution in [2.75, 3.05) is 17.2 Å². The minimum absolute atomic E-state index is 0.0849. The van der Waals surface area contributed by atoms with Crippen molar-refractivity contribution < 1.29 is 24.0 Å². The Hall–Kier alpha value is -3.75. The number of ether oxygens (including phenoxy) is 1. The highest BCUT2D eigenvalue weighted by Crippen LogP contribution is 2.22. The molecule has 0 radical (unpaired) electrons. The monoisotopic (exact) mass is 413 g/mol. The summed E-state index contributed by atoms with van der Waals surface area (Å²) in [6, 6.07) is 9.88. The maximum absolute atomic E-state index is 12.1. The largest absolute Gasteiger partial charge is 0.456 e. The Labute approximate surface area is 173 Å². The lowest BCUT2D eigenvalue weighted by Gasteiger charge is -2.11. The van der Waals surface area contributed by atoms with Crippen LogP contribution in [0.3, 0.4) is 0 Å². The molecule has 0 aliphatic heterocycles. The van der Waals surface area contributed by atoms with Gasteiger partial charge in [0.1, 0.15) is 0 Å². The lowest BCUT2D eigenvalue weighted by Crippen LogP contribution is -2.22. The first-order valence-electron chi connectivity index (χ1n) is 9.24. The maximum atomic E-state index is 12.1. The van der Waals surface area contributed by atoms with E-state index in [-0.39, 0.29) is 30.1 Å². The highest BCUT2D eigenvalue weighted by molar-refractivity contribution is 5.95. The second-order valence-corrected chi connectivity index (χ2v) is 6.78. The van der Waals surface area contributed by atoms with Crippen LogP contribution in [0.5, 0.6) is 0 Å². The third kappa shape index (κ3) is 6.40. The van der Waals surface area contributed by atoms with E-state index >= 15 is 0 Å². The molecule has 0 fully saturated rings. The van der Waals surface area contributed by atoms with E-state index in [9.17, 15) is 24.5 Å². The Morgan fingerprint density at radius 3 is 2.23 bits per heavy atom. The van der Waals surface area contributed by atoms with E-state index < -0.39 is 23.4 Å². The van der Waals surface area contributed by atoms with Gasteiger partial charge in [-0.15, -0.1) is 0 Å². The number of para-hydroxylation sites is 1. The molecule has 0 saturated heterocycles. The third-order valence-corrected chi connectivity index (χ3v) is 4.36. The number of hydrogen-bond acceptors (Lipinski definition) is 6. The molecule has 0 unspecified atom stereocenters. The molecule has 9 nitrogen and oxygen atoms in total. The molecule has 158 valence electrons. The minimum Gasteiger partial charge on any atom is -0.456 e. The van der Waals surface area contributed by atoms with Crippen LogP contribution in [-0.4, -0.2) is 29.3 Å². The zero-order chi connectivity index (χ0) is 22.3. The number of hydrogen-bond donors (Lipinski definition) is 2. The number of rotatable bonds is 8. The smallest absolute Gasteiger partial charge is 0.306 e. The number of nitrogens with one attached hydrogen (secondary N) is 2. The van der Waals surface area contributed by atoms with Crippen molar-refractivity contribution in [1.29, 1.82) is 0 Å². The number of anilines is 2. The number of nitrogens with zero attached hydrogens (tertiary/aromatic N) is 1. The fourth-order valence-electron chi connectivity index (χ4n) is 2.73. The van der Waals surface area contributed by atoms with Crippen molar-refractivity contribution in [3.05, 3.63) is 63.2 Å². The summed E-state index contributed by atoms with van der Waals surface area (Å²) >= 11 is 0. The van der Waals surface area contributed by atoms with Gasteiger partial charge in [-0.3, -0.25) is 24.5 Å². The summed E-state index contributed by atoms with van der Waals surface area (Å²) in [5.74, 6) is -1.67. The van der Waals surface area contributed by atoms with Crippen molar-refractivity contribution in [1.82, 2.24) is 0 Å². The molecule has 2 amide bonds. The van der Waals surface area contributed by atoms with Crippen LogP contribution in [0.4, 0.5) is 17.1 Å². The third-order valence-electron chi connectivity index (χ3n) is 4.36. The molecule has 0 atom stereocenters. The number of benzene rings is 2. The summed E-state index contributed by atoms with van der Waals surface area (Å²) in [6.45, 7) is 4.78. The van der Waals surface area contributed by atoms with Crippen LogP contribution in [0.1, 0.15) is 29.5 Å². The van der Waals surface area contributed by atoms with Crippen molar-refractivity contribution in [2.45, 2.75) is 33.6 Å². The minimum atomic E-state index is -0.698. The first-order valence-corrected chi connectivity index (χ1v) is 9.24. The predicted molar refractivity (Wildman–Crippen MR) is 111 cm³/mol. The van der Waals surface area contributed by atoms with Gasteiger partial charge in [0.05, 0.1) is 11.3 Å². The maximum Gasteiger partial charge on any atom is 0.306 e. The van der Waals surface area contributed by atoms with Crippen molar-refractivity contribution in [3.63, 3.8) is 0 Å². The van der Waals surface area contributed by atoms with E-state index in [1.807, 2.05) is 32.0 Å². The topological polar surface area (TPSA) is 128 Å². The average molecular weight is 413 g/mol. The standard InChI is InChI=1S/C21H23N3O6/c1-13-7-8-16(11-17(13)24(28)29)22-19(26)12-30-20(27)10-9-18(25)23-21-14(2)5-4-6-15(21)3/h4-8,11H,9-10,12H2,1-3H3,(H,22,26)(H,23,25). The van der Waals surface area contributed by atoms with Gasteiger partial charge in [0.25, 0.3) is 11.6 Å². The van der Waals surface area contributed by atoms with Gasteiger partial charge < -0.3 is 15.4 Å². The first-order chi connectivity index (χ1) is 14.2. The Balaban J connectivity index is 1.78. The normalized spacial score (nSPS) is 10.2.